The highest BCUT2D eigenvalue weighted by Crippen LogP contribution is 2.28. The Morgan fingerprint density at radius 1 is 1.53 bits per heavy atom. The second-order valence-electron chi connectivity index (χ2n) is 4.52. The highest BCUT2D eigenvalue weighted by atomic mass is 32.1. The molecule has 0 radical (unpaired) electrons. The normalized spacial score (nSPS) is 18.9. The zero-order valence-corrected chi connectivity index (χ0v) is 11.5. The number of allylic oxidation sites excluding steroid dienone is 1. The molecule has 1 aliphatic carbocycles. The molecule has 0 aromatic carbocycles. The lowest BCUT2D eigenvalue weighted by atomic mass is 9.97. The first-order chi connectivity index (χ1) is 8.27. The van der Waals surface area contributed by atoms with Crippen LogP contribution in [0.2, 0.25) is 0 Å². The summed E-state index contributed by atoms with van der Waals surface area (Å²) in [7, 11) is 0. The molecular formula is C13H24N2OS. The molecule has 3 nitrogen and oxygen atoms in total. The number of rotatable bonds is 7. The lowest BCUT2D eigenvalue weighted by molar-refractivity contribution is 0.300. The summed E-state index contributed by atoms with van der Waals surface area (Å²) >= 11 is 5.13. The first kappa shape index (κ1) is 14.5. The largest absolute Gasteiger partial charge is 0.395 e. The van der Waals surface area contributed by atoms with E-state index in [2.05, 4.69) is 23.6 Å². The minimum absolute atomic E-state index is 0.118. The summed E-state index contributed by atoms with van der Waals surface area (Å²) in [5.41, 5.74) is 1.60. The van der Waals surface area contributed by atoms with Crippen LogP contribution in [0.15, 0.2) is 11.6 Å². The molecule has 0 saturated carbocycles. The van der Waals surface area contributed by atoms with E-state index in [4.69, 9.17) is 17.3 Å². The number of hydrogen-bond acceptors (Lipinski definition) is 2. The quantitative estimate of drug-likeness (QED) is 0.481. The fourth-order valence-electron chi connectivity index (χ4n) is 2.19. The van der Waals surface area contributed by atoms with Gasteiger partial charge in [0, 0.05) is 13.1 Å². The van der Waals surface area contributed by atoms with Gasteiger partial charge in [-0.2, -0.15) is 0 Å². The molecule has 0 aromatic heterocycles. The van der Waals surface area contributed by atoms with E-state index >= 15 is 0 Å². The lowest BCUT2D eigenvalue weighted by Gasteiger charge is -2.17. The van der Waals surface area contributed by atoms with Gasteiger partial charge < -0.3 is 15.7 Å². The van der Waals surface area contributed by atoms with E-state index in [1.807, 2.05) is 0 Å². The minimum Gasteiger partial charge on any atom is -0.395 e. The van der Waals surface area contributed by atoms with E-state index < -0.39 is 0 Å². The van der Waals surface area contributed by atoms with Crippen LogP contribution in [0.25, 0.3) is 0 Å². The molecule has 0 heterocycles. The molecule has 0 amide bonds. The molecular weight excluding hydrogens is 232 g/mol. The van der Waals surface area contributed by atoms with Crippen LogP contribution >= 0.6 is 12.2 Å². The van der Waals surface area contributed by atoms with Crippen LogP contribution in [0, 0.1) is 5.92 Å². The lowest BCUT2D eigenvalue weighted by Crippen LogP contribution is -2.39. The number of nitrogens with one attached hydrogen (secondary N) is 2. The standard InChI is InChI=1S/C13H24N2OS/c1-2-3-5-11-6-4-7-12(11)10-15-13(17)14-8-9-16/h6,12,16H,2-5,7-10H2,1H3,(H2,14,15,17). The van der Waals surface area contributed by atoms with Crippen molar-refractivity contribution in [1.29, 1.82) is 0 Å². The Kier molecular flexibility index (Phi) is 7.21. The predicted octanol–water partition coefficient (Wildman–Crippen LogP) is 1.97. The SMILES string of the molecule is CCCCC1=CCCC1CNC(=S)NCCO. The summed E-state index contributed by atoms with van der Waals surface area (Å²) in [4.78, 5) is 0. The molecule has 1 rings (SSSR count). The zero-order valence-electron chi connectivity index (χ0n) is 10.7. The maximum absolute atomic E-state index is 8.68. The first-order valence-corrected chi connectivity index (χ1v) is 7.00. The van der Waals surface area contributed by atoms with Crippen LogP contribution in [0.3, 0.4) is 0 Å². The van der Waals surface area contributed by atoms with Crippen LogP contribution in [0.5, 0.6) is 0 Å². The van der Waals surface area contributed by atoms with Gasteiger partial charge in [-0.15, -0.1) is 0 Å². The van der Waals surface area contributed by atoms with Crippen molar-refractivity contribution in [2.75, 3.05) is 19.7 Å². The molecule has 1 atom stereocenters. The van der Waals surface area contributed by atoms with E-state index in [1.165, 1.54) is 32.1 Å². The molecule has 0 spiro atoms. The van der Waals surface area contributed by atoms with Crippen molar-refractivity contribution in [3.63, 3.8) is 0 Å². The van der Waals surface area contributed by atoms with Crippen molar-refractivity contribution in [2.24, 2.45) is 5.92 Å². The molecule has 17 heavy (non-hydrogen) atoms. The summed E-state index contributed by atoms with van der Waals surface area (Å²) in [6, 6.07) is 0. The van der Waals surface area contributed by atoms with Crippen molar-refractivity contribution in [1.82, 2.24) is 10.6 Å². The Morgan fingerprint density at radius 2 is 2.35 bits per heavy atom. The summed E-state index contributed by atoms with van der Waals surface area (Å²) < 4.78 is 0. The molecule has 98 valence electrons. The van der Waals surface area contributed by atoms with E-state index in [0.29, 0.717) is 17.6 Å². The van der Waals surface area contributed by atoms with Crippen molar-refractivity contribution in [3.05, 3.63) is 11.6 Å². The average Bonchev–Trinajstić information content (AvgIpc) is 2.78. The maximum atomic E-state index is 8.68. The van der Waals surface area contributed by atoms with E-state index in [9.17, 15) is 0 Å². The summed E-state index contributed by atoms with van der Waals surface area (Å²) in [6.07, 6.45) is 8.63. The molecule has 0 fully saturated rings. The third-order valence-electron chi connectivity index (χ3n) is 3.17. The Hall–Kier alpha value is -0.610. The van der Waals surface area contributed by atoms with Gasteiger partial charge in [0.15, 0.2) is 5.11 Å². The monoisotopic (exact) mass is 256 g/mol. The molecule has 3 N–H and O–H groups in total. The third kappa shape index (κ3) is 5.50. The highest BCUT2D eigenvalue weighted by molar-refractivity contribution is 7.80. The molecule has 1 aliphatic rings. The van der Waals surface area contributed by atoms with Crippen LogP contribution < -0.4 is 10.6 Å². The average molecular weight is 256 g/mol. The van der Waals surface area contributed by atoms with Gasteiger partial charge in [0.1, 0.15) is 0 Å². The fraction of sp³-hybridized carbons (Fsp3) is 0.769. The van der Waals surface area contributed by atoms with Crippen LogP contribution in [0.4, 0.5) is 0 Å². The van der Waals surface area contributed by atoms with Gasteiger partial charge in [-0.25, -0.2) is 0 Å². The molecule has 0 saturated heterocycles. The van der Waals surface area contributed by atoms with Gasteiger partial charge >= 0.3 is 0 Å². The minimum atomic E-state index is 0.118. The third-order valence-corrected chi connectivity index (χ3v) is 3.46. The zero-order chi connectivity index (χ0) is 12.5. The van der Waals surface area contributed by atoms with Gasteiger partial charge in [0.2, 0.25) is 0 Å². The van der Waals surface area contributed by atoms with Crippen molar-refractivity contribution in [2.45, 2.75) is 39.0 Å². The molecule has 0 aromatic rings. The van der Waals surface area contributed by atoms with E-state index in [1.54, 1.807) is 5.57 Å². The van der Waals surface area contributed by atoms with Crippen LogP contribution in [-0.4, -0.2) is 29.9 Å². The Labute approximate surface area is 110 Å². The second kappa shape index (κ2) is 8.48. The van der Waals surface area contributed by atoms with Gasteiger partial charge in [-0.3, -0.25) is 0 Å². The smallest absolute Gasteiger partial charge is 0.166 e. The van der Waals surface area contributed by atoms with E-state index in [0.717, 1.165) is 6.54 Å². The number of thiocarbonyl (C=S) groups is 1. The predicted molar refractivity (Wildman–Crippen MR) is 76.0 cm³/mol. The highest BCUT2D eigenvalue weighted by Gasteiger charge is 2.18. The Balaban J connectivity index is 2.22. The molecule has 0 bridgehead atoms. The summed E-state index contributed by atoms with van der Waals surface area (Å²) in [5.74, 6) is 0.649. The van der Waals surface area contributed by atoms with E-state index in [-0.39, 0.29) is 6.61 Å². The van der Waals surface area contributed by atoms with Crippen molar-refractivity contribution >= 4 is 17.3 Å². The van der Waals surface area contributed by atoms with Gasteiger partial charge in [0.25, 0.3) is 0 Å². The van der Waals surface area contributed by atoms with Crippen LogP contribution in [-0.2, 0) is 0 Å². The molecule has 1 unspecified atom stereocenters. The van der Waals surface area contributed by atoms with Gasteiger partial charge in [0.05, 0.1) is 6.61 Å². The number of aliphatic hydroxyl groups is 1. The first-order valence-electron chi connectivity index (χ1n) is 6.59. The topological polar surface area (TPSA) is 44.3 Å². The van der Waals surface area contributed by atoms with Crippen molar-refractivity contribution < 1.29 is 5.11 Å². The Morgan fingerprint density at radius 3 is 3.06 bits per heavy atom. The summed E-state index contributed by atoms with van der Waals surface area (Å²) in [5, 5.41) is 15.5. The number of aliphatic hydroxyl groups excluding tert-OH is 1. The fourth-order valence-corrected chi connectivity index (χ4v) is 2.38. The van der Waals surface area contributed by atoms with Crippen molar-refractivity contribution in [3.8, 4) is 0 Å². The number of hydrogen-bond donors (Lipinski definition) is 3. The maximum Gasteiger partial charge on any atom is 0.166 e. The van der Waals surface area contributed by atoms with Crippen LogP contribution in [0.1, 0.15) is 39.0 Å². The van der Waals surface area contributed by atoms with Gasteiger partial charge in [-0.05, 0) is 43.8 Å². The summed E-state index contributed by atoms with van der Waals surface area (Å²) in [6.45, 7) is 3.80. The molecule has 0 aliphatic heterocycles. The molecule has 4 heteroatoms. The second-order valence-corrected chi connectivity index (χ2v) is 4.93. The number of unbranched alkanes of at least 4 members (excludes halogenated alkanes) is 1. The Bertz CT molecular complexity index is 266. The van der Waals surface area contributed by atoms with Gasteiger partial charge in [-0.1, -0.05) is 25.0 Å².